The lowest BCUT2D eigenvalue weighted by Gasteiger charge is -2.31. The van der Waals surface area contributed by atoms with E-state index < -0.39 is 42.1 Å². The third kappa shape index (κ3) is 2.74. The molecule has 0 aliphatic heterocycles. The molecule has 2 atom stereocenters. The lowest BCUT2D eigenvalue weighted by Crippen LogP contribution is -2.55. The topological polar surface area (TPSA) is 141 Å². The Kier molecular flexibility index (Phi) is 4.29. The summed E-state index contributed by atoms with van der Waals surface area (Å²) in [7, 11) is -4.43. The summed E-state index contributed by atoms with van der Waals surface area (Å²) < 4.78 is 25.5. The van der Waals surface area contributed by atoms with Crippen molar-refractivity contribution < 1.29 is 23.2 Å². The Morgan fingerprint density at radius 1 is 1.39 bits per heavy atom. The minimum Gasteiger partial charge on any atom is -0.481 e. The molecule has 122 valence electrons. The number of aliphatic carboxylic acids is 1. The molecule has 0 fully saturated rings. The SMILES string of the molecule is N[C@@]1(S(=O)(=O)c2ccc(Cl)c([N+](=O)[O-])c2)C=CC=C[C@H]1C(=O)O. The van der Waals surface area contributed by atoms with Crippen LogP contribution in [-0.4, -0.2) is 29.3 Å². The number of carboxylic acid groups (broad SMARTS) is 1. The average Bonchev–Trinajstić information content (AvgIpc) is 2.47. The second kappa shape index (κ2) is 5.76. The van der Waals surface area contributed by atoms with Gasteiger partial charge in [0.1, 0.15) is 10.9 Å². The van der Waals surface area contributed by atoms with E-state index in [0.29, 0.717) is 0 Å². The zero-order chi connectivity index (χ0) is 17.4. The molecule has 0 saturated carbocycles. The molecule has 0 saturated heterocycles. The van der Waals surface area contributed by atoms with Crippen molar-refractivity contribution >= 4 is 33.1 Å². The van der Waals surface area contributed by atoms with Crippen LogP contribution in [0.3, 0.4) is 0 Å². The van der Waals surface area contributed by atoms with Gasteiger partial charge in [0, 0.05) is 6.07 Å². The molecular formula is C13H11ClN2O6S. The van der Waals surface area contributed by atoms with E-state index in [1.807, 2.05) is 0 Å². The highest BCUT2D eigenvalue weighted by atomic mass is 35.5. The number of nitro benzene ring substituents is 1. The fraction of sp³-hybridized carbons (Fsp3) is 0.154. The second-order valence-corrected chi connectivity index (χ2v) is 7.38. The van der Waals surface area contributed by atoms with Crippen molar-refractivity contribution in [3.63, 3.8) is 0 Å². The van der Waals surface area contributed by atoms with Gasteiger partial charge in [0.05, 0.1) is 9.82 Å². The number of benzene rings is 1. The van der Waals surface area contributed by atoms with Crippen LogP contribution in [0.2, 0.25) is 5.02 Å². The predicted octanol–water partition coefficient (Wildman–Crippen LogP) is 1.50. The monoisotopic (exact) mass is 358 g/mol. The highest BCUT2D eigenvalue weighted by molar-refractivity contribution is 7.93. The molecule has 0 aromatic heterocycles. The van der Waals surface area contributed by atoms with Crippen LogP contribution in [0.4, 0.5) is 5.69 Å². The van der Waals surface area contributed by atoms with Crippen molar-refractivity contribution in [2.45, 2.75) is 9.77 Å². The third-order valence-corrected chi connectivity index (χ3v) is 5.93. The smallest absolute Gasteiger partial charge is 0.313 e. The molecule has 10 heteroatoms. The molecule has 1 aliphatic carbocycles. The fourth-order valence-corrected chi connectivity index (χ4v) is 4.05. The van der Waals surface area contributed by atoms with Crippen molar-refractivity contribution in [2.75, 3.05) is 0 Å². The van der Waals surface area contributed by atoms with Gasteiger partial charge in [-0.05, 0) is 18.2 Å². The van der Waals surface area contributed by atoms with Gasteiger partial charge in [-0.1, -0.05) is 29.8 Å². The largest absolute Gasteiger partial charge is 0.481 e. The highest BCUT2D eigenvalue weighted by Gasteiger charge is 2.49. The molecule has 0 unspecified atom stereocenters. The molecule has 8 nitrogen and oxygen atoms in total. The summed E-state index contributed by atoms with van der Waals surface area (Å²) in [5.74, 6) is -2.97. The number of hydrogen-bond acceptors (Lipinski definition) is 6. The Balaban J connectivity index is 2.64. The molecular weight excluding hydrogens is 348 g/mol. The molecule has 0 radical (unpaired) electrons. The Hall–Kier alpha value is -2.23. The first-order chi connectivity index (χ1) is 10.6. The van der Waals surface area contributed by atoms with Gasteiger partial charge in [0.25, 0.3) is 5.69 Å². The first kappa shape index (κ1) is 17.1. The fourth-order valence-electron chi connectivity index (χ4n) is 2.17. The van der Waals surface area contributed by atoms with E-state index in [9.17, 15) is 28.4 Å². The maximum Gasteiger partial charge on any atom is 0.313 e. The number of rotatable bonds is 4. The van der Waals surface area contributed by atoms with E-state index >= 15 is 0 Å². The lowest BCUT2D eigenvalue weighted by atomic mass is 9.95. The van der Waals surface area contributed by atoms with Crippen molar-refractivity contribution in [2.24, 2.45) is 11.7 Å². The molecule has 1 aromatic rings. The van der Waals surface area contributed by atoms with Crippen molar-refractivity contribution in [3.05, 3.63) is 57.6 Å². The zero-order valence-electron chi connectivity index (χ0n) is 11.4. The van der Waals surface area contributed by atoms with Crippen molar-refractivity contribution in [1.29, 1.82) is 0 Å². The van der Waals surface area contributed by atoms with Gasteiger partial charge in [-0.25, -0.2) is 8.42 Å². The summed E-state index contributed by atoms with van der Waals surface area (Å²) in [4.78, 5) is 18.6. The van der Waals surface area contributed by atoms with Gasteiger partial charge in [-0.2, -0.15) is 0 Å². The summed E-state index contributed by atoms with van der Waals surface area (Å²) >= 11 is 5.65. The first-order valence-electron chi connectivity index (χ1n) is 6.17. The minimum absolute atomic E-state index is 0.242. The van der Waals surface area contributed by atoms with Gasteiger partial charge in [-0.3, -0.25) is 14.9 Å². The number of carboxylic acids is 1. The number of allylic oxidation sites excluding steroid dienone is 2. The van der Waals surface area contributed by atoms with E-state index in [4.69, 9.17) is 17.3 Å². The van der Waals surface area contributed by atoms with E-state index in [-0.39, 0.29) is 5.02 Å². The van der Waals surface area contributed by atoms with Crippen LogP contribution in [0.1, 0.15) is 0 Å². The zero-order valence-corrected chi connectivity index (χ0v) is 13.0. The van der Waals surface area contributed by atoms with Crippen LogP contribution >= 0.6 is 11.6 Å². The molecule has 2 rings (SSSR count). The van der Waals surface area contributed by atoms with E-state index in [2.05, 4.69) is 0 Å². The Morgan fingerprint density at radius 2 is 2.04 bits per heavy atom. The molecule has 0 amide bonds. The molecule has 0 heterocycles. The summed E-state index contributed by atoms with van der Waals surface area (Å²) in [5.41, 5.74) is 5.26. The van der Waals surface area contributed by atoms with Crippen LogP contribution < -0.4 is 5.73 Å². The number of nitro groups is 1. The van der Waals surface area contributed by atoms with Crippen LogP contribution in [0, 0.1) is 16.0 Å². The van der Waals surface area contributed by atoms with E-state index in [0.717, 1.165) is 30.4 Å². The second-order valence-electron chi connectivity index (χ2n) is 4.79. The summed E-state index contributed by atoms with van der Waals surface area (Å²) in [6, 6.07) is 2.86. The summed E-state index contributed by atoms with van der Waals surface area (Å²) in [6.45, 7) is 0. The van der Waals surface area contributed by atoms with Gasteiger partial charge < -0.3 is 10.8 Å². The van der Waals surface area contributed by atoms with Crippen molar-refractivity contribution in [3.8, 4) is 0 Å². The number of nitrogens with two attached hydrogens (primary N) is 1. The molecule has 1 aromatic carbocycles. The Morgan fingerprint density at radius 3 is 2.61 bits per heavy atom. The molecule has 0 bridgehead atoms. The maximum atomic E-state index is 12.8. The number of nitrogens with zero attached hydrogens (tertiary/aromatic N) is 1. The Labute approximate surface area is 135 Å². The van der Waals surface area contributed by atoms with Crippen molar-refractivity contribution in [1.82, 2.24) is 0 Å². The summed E-state index contributed by atoms with van der Waals surface area (Å²) in [5, 5.41) is 19.9. The maximum absolute atomic E-state index is 12.8. The molecule has 3 N–H and O–H groups in total. The predicted molar refractivity (Wildman–Crippen MR) is 81.6 cm³/mol. The molecule has 0 spiro atoms. The number of hydrogen-bond donors (Lipinski definition) is 2. The lowest BCUT2D eigenvalue weighted by molar-refractivity contribution is -0.384. The molecule has 1 aliphatic rings. The number of carbonyl (C=O) groups is 1. The van der Waals surface area contributed by atoms with E-state index in [1.54, 1.807) is 0 Å². The minimum atomic E-state index is -4.43. The van der Waals surface area contributed by atoms with Gasteiger partial charge in [-0.15, -0.1) is 0 Å². The number of halogens is 1. The van der Waals surface area contributed by atoms with Gasteiger partial charge in [0.15, 0.2) is 4.87 Å². The average molecular weight is 359 g/mol. The normalized spacial score (nSPS) is 23.7. The number of sulfone groups is 1. The quantitative estimate of drug-likeness (QED) is 0.613. The molecule has 23 heavy (non-hydrogen) atoms. The van der Waals surface area contributed by atoms with Crippen LogP contribution in [0.15, 0.2) is 47.4 Å². The summed E-state index contributed by atoms with van der Waals surface area (Å²) in [6.07, 6.45) is 4.86. The standard InChI is InChI=1S/C13H11ClN2O6S/c14-10-5-4-8(7-11(10)16(19)20)23(21,22)13(15)6-2-1-3-9(13)12(17)18/h1-7,9H,15H2,(H,17,18)/t9-,13+/m0/s1. The van der Waals surface area contributed by atoms with Crippen LogP contribution in [0.25, 0.3) is 0 Å². The highest BCUT2D eigenvalue weighted by Crippen LogP contribution is 2.36. The van der Waals surface area contributed by atoms with Crippen LogP contribution in [-0.2, 0) is 14.6 Å². The third-order valence-electron chi connectivity index (χ3n) is 3.41. The Bertz CT molecular complexity index is 848. The van der Waals surface area contributed by atoms with E-state index in [1.165, 1.54) is 12.2 Å². The van der Waals surface area contributed by atoms with Crippen LogP contribution in [0.5, 0.6) is 0 Å². The van der Waals surface area contributed by atoms with Gasteiger partial charge >= 0.3 is 5.97 Å². The first-order valence-corrected chi connectivity index (χ1v) is 8.03. The van der Waals surface area contributed by atoms with Gasteiger partial charge in [0.2, 0.25) is 9.84 Å².